The van der Waals surface area contributed by atoms with E-state index in [-0.39, 0.29) is 17.6 Å². The molecule has 6 nitrogen and oxygen atoms in total. The molecule has 0 spiro atoms. The van der Waals surface area contributed by atoms with Gasteiger partial charge in [-0.05, 0) is 0 Å². The standard InChI is InChI=1S/C10H22N2O4S/c1-9(7-17(14,15)16-5)6-12(3,4)8-11-10(2)13/h9H,6-8H2,1-5H3/p+1. The second-order valence-electron chi connectivity index (χ2n) is 5.01. The van der Waals surface area contributed by atoms with Crippen LogP contribution in [0.4, 0.5) is 0 Å². The van der Waals surface area contributed by atoms with E-state index in [0.717, 1.165) is 0 Å². The molecule has 1 amide bonds. The maximum atomic E-state index is 11.3. The van der Waals surface area contributed by atoms with Gasteiger partial charge in [0.05, 0.1) is 33.5 Å². The molecule has 0 radical (unpaired) electrons. The maximum Gasteiger partial charge on any atom is 0.267 e. The van der Waals surface area contributed by atoms with Crippen molar-refractivity contribution in [3.8, 4) is 0 Å². The molecule has 17 heavy (non-hydrogen) atoms. The van der Waals surface area contributed by atoms with E-state index in [1.54, 1.807) is 0 Å². The molecule has 0 saturated heterocycles. The highest BCUT2D eigenvalue weighted by molar-refractivity contribution is 7.86. The van der Waals surface area contributed by atoms with Gasteiger partial charge in [0, 0.05) is 12.8 Å². The first kappa shape index (κ1) is 16.3. The van der Waals surface area contributed by atoms with Crippen molar-refractivity contribution in [1.82, 2.24) is 5.32 Å². The molecule has 0 rings (SSSR count). The fourth-order valence-electron chi connectivity index (χ4n) is 1.70. The molecule has 0 aliphatic rings. The molecule has 0 bridgehead atoms. The lowest BCUT2D eigenvalue weighted by Crippen LogP contribution is -2.50. The highest BCUT2D eigenvalue weighted by Crippen LogP contribution is 2.08. The monoisotopic (exact) mass is 267 g/mol. The average molecular weight is 267 g/mol. The number of carbonyl (C=O) groups is 1. The van der Waals surface area contributed by atoms with E-state index >= 15 is 0 Å². The number of rotatable bonds is 7. The summed E-state index contributed by atoms with van der Waals surface area (Å²) in [5.41, 5.74) is 0. The lowest BCUT2D eigenvalue weighted by atomic mass is 10.2. The number of nitrogens with one attached hydrogen (secondary N) is 1. The van der Waals surface area contributed by atoms with Gasteiger partial charge in [-0.1, -0.05) is 6.92 Å². The Balaban J connectivity index is 4.26. The minimum absolute atomic E-state index is 0.00868. The normalized spacial score (nSPS) is 14.4. The quantitative estimate of drug-likeness (QED) is 0.393. The van der Waals surface area contributed by atoms with Gasteiger partial charge in [-0.3, -0.25) is 8.98 Å². The lowest BCUT2D eigenvalue weighted by Gasteiger charge is -2.32. The number of nitrogens with zero attached hydrogens (tertiary/aromatic N) is 1. The highest BCUT2D eigenvalue weighted by Gasteiger charge is 2.23. The van der Waals surface area contributed by atoms with Gasteiger partial charge in [0.15, 0.2) is 6.67 Å². The van der Waals surface area contributed by atoms with E-state index < -0.39 is 10.1 Å². The summed E-state index contributed by atoms with van der Waals surface area (Å²) in [5, 5.41) is 2.72. The van der Waals surface area contributed by atoms with E-state index in [1.165, 1.54) is 14.0 Å². The average Bonchev–Trinajstić information content (AvgIpc) is 2.13. The van der Waals surface area contributed by atoms with Crippen molar-refractivity contribution in [2.75, 3.05) is 40.2 Å². The van der Waals surface area contributed by atoms with Crippen molar-refractivity contribution < 1.29 is 21.9 Å². The molecule has 0 heterocycles. The van der Waals surface area contributed by atoms with Gasteiger partial charge in [-0.25, -0.2) is 0 Å². The summed E-state index contributed by atoms with van der Waals surface area (Å²) in [5.74, 6) is -0.136. The number of carbonyl (C=O) groups excluding carboxylic acids is 1. The molecule has 1 atom stereocenters. The zero-order valence-corrected chi connectivity index (χ0v) is 12.0. The minimum atomic E-state index is -3.42. The van der Waals surface area contributed by atoms with Gasteiger partial charge in [0.2, 0.25) is 5.91 Å². The molecule has 7 heteroatoms. The first-order chi connectivity index (χ1) is 7.58. The molecule has 102 valence electrons. The zero-order chi connectivity index (χ0) is 13.7. The highest BCUT2D eigenvalue weighted by atomic mass is 32.2. The zero-order valence-electron chi connectivity index (χ0n) is 11.2. The third-order valence-corrected chi connectivity index (χ3v) is 3.79. The summed E-state index contributed by atoms with van der Waals surface area (Å²) in [4.78, 5) is 10.8. The van der Waals surface area contributed by atoms with Crippen LogP contribution in [0.15, 0.2) is 0 Å². The molecule has 0 fully saturated rings. The van der Waals surface area contributed by atoms with Gasteiger partial charge in [0.25, 0.3) is 10.1 Å². The lowest BCUT2D eigenvalue weighted by molar-refractivity contribution is -0.894. The van der Waals surface area contributed by atoms with Crippen molar-refractivity contribution in [3.63, 3.8) is 0 Å². The Morgan fingerprint density at radius 1 is 1.41 bits per heavy atom. The van der Waals surface area contributed by atoms with Crippen molar-refractivity contribution in [2.45, 2.75) is 13.8 Å². The third kappa shape index (κ3) is 8.12. The first-order valence-electron chi connectivity index (χ1n) is 5.43. The summed E-state index contributed by atoms with van der Waals surface area (Å²) in [6.07, 6.45) is 0. The molecular weight excluding hydrogens is 244 g/mol. The van der Waals surface area contributed by atoms with Gasteiger partial charge in [-0.2, -0.15) is 8.42 Å². The van der Waals surface area contributed by atoms with Crippen LogP contribution in [-0.4, -0.2) is 59.0 Å². The SMILES string of the molecule is COS(=O)(=O)CC(C)C[N+](C)(C)CNC(C)=O. The molecule has 1 N–H and O–H groups in total. The summed E-state index contributed by atoms with van der Waals surface area (Å²) in [6.45, 7) is 4.43. The predicted octanol–water partition coefficient (Wildman–Crippen LogP) is -0.231. The Kier molecular flexibility index (Phi) is 6.08. The van der Waals surface area contributed by atoms with Crippen LogP contribution in [0.1, 0.15) is 13.8 Å². The molecule has 0 aromatic rings. The van der Waals surface area contributed by atoms with E-state index in [9.17, 15) is 13.2 Å². The van der Waals surface area contributed by atoms with Crippen molar-refractivity contribution in [3.05, 3.63) is 0 Å². The second-order valence-corrected chi connectivity index (χ2v) is 6.79. The molecule has 0 aromatic heterocycles. The molecular formula is C10H23N2O4S+. The number of quaternary nitrogens is 1. The Hall–Kier alpha value is -0.660. The predicted molar refractivity (Wildman–Crippen MR) is 65.6 cm³/mol. The Morgan fingerprint density at radius 2 is 1.94 bits per heavy atom. The second kappa shape index (κ2) is 6.32. The van der Waals surface area contributed by atoms with Crippen LogP contribution in [0.3, 0.4) is 0 Å². The number of amides is 1. The van der Waals surface area contributed by atoms with Crippen LogP contribution in [0.25, 0.3) is 0 Å². The van der Waals surface area contributed by atoms with Gasteiger partial charge >= 0.3 is 0 Å². The smallest absolute Gasteiger partial charge is 0.267 e. The van der Waals surface area contributed by atoms with Crippen molar-refractivity contribution >= 4 is 16.0 Å². The molecule has 0 aliphatic carbocycles. The Labute approximate surface area is 104 Å². The van der Waals surface area contributed by atoms with E-state index in [0.29, 0.717) is 17.7 Å². The van der Waals surface area contributed by atoms with Crippen LogP contribution >= 0.6 is 0 Å². The topological polar surface area (TPSA) is 72.5 Å². The number of hydrogen-bond acceptors (Lipinski definition) is 4. The minimum Gasteiger partial charge on any atom is -0.311 e. The summed E-state index contributed by atoms with van der Waals surface area (Å²) in [6, 6.07) is 0. The fourth-order valence-corrected chi connectivity index (χ4v) is 2.64. The van der Waals surface area contributed by atoms with Crippen LogP contribution in [0.5, 0.6) is 0 Å². The van der Waals surface area contributed by atoms with Crippen molar-refractivity contribution in [2.24, 2.45) is 5.92 Å². The van der Waals surface area contributed by atoms with E-state index in [1.807, 2.05) is 21.0 Å². The summed E-state index contributed by atoms with van der Waals surface area (Å²) >= 11 is 0. The Bertz CT molecular complexity index is 351. The van der Waals surface area contributed by atoms with Gasteiger partial charge in [0.1, 0.15) is 0 Å². The molecule has 0 aromatic carbocycles. The van der Waals surface area contributed by atoms with Gasteiger partial charge in [-0.15, -0.1) is 0 Å². The van der Waals surface area contributed by atoms with Crippen molar-refractivity contribution in [1.29, 1.82) is 0 Å². The summed E-state index contributed by atoms with van der Waals surface area (Å²) in [7, 11) is 1.62. The largest absolute Gasteiger partial charge is 0.311 e. The van der Waals surface area contributed by atoms with E-state index in [2.05, 4.69) is 9.50 Å². The molecule has 0 saturated carbocycles. The third-order valence-electron chi connectivity index (χ3n) is 2.30. The molecule has 1 unspecified atom stereocenters. The fraction of sp³-hybridized carbons (Fsp3) is 0.900. The summed E-state index contributed by atoms with van der Waals surface area (Å²) < 4.78 is 27.5. The van der Waals surface area contributed by atoms with Crippen LogP contribution in [-0.2, 0) is 19.1 Å². The van der Waals surface area contributed by atoms with Gasteiger partial charge < -0.3 is 9.80 Å². The number of hydrogen-bond donors (Lipinski definition) is 1. The first-order valence-corrected chi connectivity index (χ1v) is 7.00. The molecule has 0 aliphatic heterocycles. The maximum absolute atomic E-state index is 11.3. The van der Waals surface area contributed by atoms with Crippen LogP contribution < -0.4 is 5.32 Å². The van der Waals surface area contributed by atoms with Crippen LogP contribution in [0, 0.1) is 5.92 Å². The van der Waals surface area contributed by atoms with Crippen LogP contribution in [0.2, 0.25) is 0 Å². The Morgan fingerprint density at radius 3 is 2.35 bits per heavy atom. The van der Waals surface area contributed by atoms with E-state index in [4.69, 9.17) is 0 Å².